The predicted octanol–water partition coefficient (Wildman–Crippen LogP) is -1.69. The van der Waals surface area contributed by atoms with Crippen molar-refractivity contribution in [1.82, 2.24) is 0 Å². The number of ether oxygens (including phenoxy) is 2. The zero-order valence-corrected chi connectivity index (χ0v) is 22.6. The van der Waals surface area contributed by atoms with Crippen molar-refractivity contribution in [2.75, 3.05) is 7.11 Å². The Bertz CT molecular complexity index is 901. The molecule has 0 amide bonds. The van der Waals surface area contributed by atoms with Crippen LogP contribution in [0.1, 0.15) is 65.2 Å². The van der Waals surface area contributed by atoms with Crippen LogP contribution < -0.4 is 56.5 Å². The van der Waals surface area contributed by atoms with Gasteiger partial charge in [-0.15, -0.1) is 0 Å². The number of hydrogen-bond acceptors (Lipinski definition) is 7. The summed E-state index contributed by atoms with van der Waals surface area (Å²) in [7, 11) is 1.39. The van der Waals surface area contributed by atoms with E-state index in [2.05, 4.69) is 6.92 Å². The SMILES string of the molecule is COC(=O)C1CC2=CC(=O)CCC2(C)C23OC2CC2(C)C(CCC2(O)CCC(=O)[O-])C13.[K+]. The molecule has 0 aromatic carbocycles. The van der Waals surface area contributed by atoms with Crippen LogP contribution in [0.15, 0.2) is 11.6 Å². The summed E-state index contributed by atoms with van der Waals surface area (Å²) in [6.45, 7) is 4.21. The first-order valence-corrected chi connectivity index (χ1v) is 11.4. The Morgan fingerprint density at radius 1 is 1.31 bits per heavy atom. The number of rotatable bonds is 4. The molecule has 8 unspecified atom stereocenters. The molecule has 1 aliphatic heterocycles. The van der Waals surface area contributed by atoms with Crippen molar-refractivity contribution in [3.63, 3.8) is 0 Å². The molecule has 0 aromatic heterocycles. The zero-order valence-electron chi connectivity index (χ0n) is 19.4. The number of methoxy groups -OCH3 is 1. The first-order chi connectivity index (χ1) is 14.5. The van der Waals surface area contributed by atoms with Gasteiger partial charge in [0.05, 0.1) is 24.7 Å². The number of epoxide rings is 1. The molecule has 0 radical (unpaired) electrons. The second-order valence-electron chi connectivity index (χ2n) is 10.9. The molecule has 0 bridgehead atoms. The van der Waals surface area contributed by atoms with Crippen molar-refractivity contribution in [3.8, 4) is 0 Å². The van der Waals surface area contributed by atoms with Gasteiger partial charge in [-0.3, -0.25) is 9.59 Å². The van der Waals surface area contributed by atoms with Crippen LogP contribution in [0.2, 0.25) is 0 Å². The second kappa shape index (κ2) is 7.97. The maximum atomic E-state index is 13.0. The zero-order chi connectivity index (χ0) is 22.4. The average molecular weight is 471 g/mol. The van der Waals surface area contributed by atoms with Gasteiger partial charge in [-0.25, -0.2) is 0 Å². The molecule has 1 N–H and O–H groups in total. The van der Waals surface area contributed by atoms with E-state index in [1.165, 1.54) is 7.11 Å². The molecule has 1 spiro atoms. The number of carbonyl (C=O) groups is 3. The molecule has 7 nitrogen and oxygen atoms in total. The Balaban J connectivity index is 0.00000245. The predicted molar refractivity (Wildman–Crippen MR) is 106 cm³/mol. The van der Waals surface area contributed by atoms with Crippen molar-refractivity contribution in [2.45, 2.75) is 82.5 Å². The van der Waals surface area contributed by atoms with Crippen molar-refractivity contribution < 1.29 is 85.5 Å². The molecule has 5 rings (SSSR count). The molecule has 170 valence electrons. The fourth-order valence-corrected chi connectivity index (χ4v) is 8.22. The summed E-state index contributed by atoms with van der Waals surface area (Å²) in [6, 6.07) is 0. The summed E-state index contributed by atoms with van der Waals surface area (Å²) in [4.78, 5) is 36.3. The Kier molecular flexibility index (Phi) is 6.23. The Morgan fingerprint density at radius 2 is 2.03 bits per heavy atom. The van der Waals surface area contributed by atoms with Gasteiger partial charge in [0.15, 0.2) is 5.78 Å². The smallest absolute Gasteiger partial charge is 0.550 e. The van der Waals surface area contributed by atoms with E-state index >= 15 is 0 Å². The second-order valence-corrected chi connectivity index (χ2v) is 10.9. The molecule has 4 fully saturated rings. The number of aliphatic carboxylic acids is 1. The third-order valence-corrected chi connectivity index (χ3v) is 9.94. The number of ketones is 1. The minimum absolute atomic E-state index is 0. The van der Waals surface area contributed by atoms with E-state index in [-0.39, 0.29) is 99.3 Å². The molecular formula is C24H31KO7. The third kappa shape index (κ3) is 3.09. The van der Waals surface area contributed by atoms with Crippen molar-refractivity contribution in [3.05, 3.63) is 11.6 Å². The van der Waals surface area contributed by atoms with Gasteiger partial charge in [0.25, 0.3) is 0 Å². The molecule has 3 saturated carbocycles. The number of hydrogen-bond donors (Lipinski definition) is 1. The van der Waals surface area contributed by atoms with E-state index in [1.54, 1.807) is 6.08 Å². The number of aliphatic hydroxyl groups is 1. The topological polar surface area (TPSA) is 116 Å². The molecule has 8 atom stereocenters. The fourth-order valence-electron chi connectivity index (χ4n) is 8.22. The average Bonchev–Trinajstić information content (AvgIpc) is 3.38. The molecule has 1 saturated heterocycles. The summed E-state index contributed by atoms with van der Waals surface area (Å²) in [6.07, 6.45) is 5.06. The van der Waals surface area contributed by atoms with Crippen LogP contribution in [0, 0.1) is 28.6 Å². The van der Waals surface area contributed by atoms with Crippen LogP contribution in [0.3, 0.4) is 0 Å². The number of carboxylic acid groups (broad SMARTS) is 1. The summed E-state index contributed by atoms with van der Waals surface area (Å²) in [5.74, 6) is -1.91. The first-order valence-electron chi connectivity index (χ1n) is 11.4. The van der Waals surface area contributed by atoms with Gasteiger partial charge in [-0.2, -0.15) is 0 Å². The van der Waals surface area contributed by atoms with E-state index in [0.717, 1.165) is 5.57 Å². The third-order valence-electron chi connectivity index (χ3n) is 9.94. The van der Waals surface area contributed by atoms with Gasteiger partial charge in [0.1, 0.15) is 5.60 Å². The van der Waals surface area contributed by atoms with Crippen LogP contribution in [-0.4, -0.2) is 47.2 Å². The minimum atomic E-state index is -1.16. The normalized spacial score (nSPS) is 48.2. The van der Waals surface area contributed by atoms with Crippen molar-refractivity contribution >= 4 is 17.7 Å². The molecule has 0 aromatic rings. The molecule has 32 heavy (non-hydrogen) atoms. The molecular weight excluding hydrogens is 439 g/mol. The first kappa shape index (κ1) is 25.0. The van der Waals surface area contributed by atoms with Crippen LogP contribution in [0.25, 0.3) is 0 Å². The Morgan fingerprint density at radius 3 is 2.69 bits per heavy atom. The Labute approximate surface area is 231 Å². The summed E-state index contributed by atoms with van der Waals surface area (Å²) in [5.41, 5.74) is -1.53. The van der Waals surface area contributed by atoms with E-state index in [1.807, 2.05) is 6.92 Å². The van der Waals surface area contributed by atoms with Crippen molar-refractivity contribution in [2.24, 2.45) is 28.6 Å². The number of carboxylic acids is 1. The molecule has 8 heteroatoms. The van der Waals surface area contributed by atoms with Crippen LogP contribution in [0.4, 0.5) is 0 Å². The van der Waals surface area contributed by atoms with E-state index in [4.69, 9.17) is 9.47 Å². The largest absolute Gasteiger partial charge is 1.00 e. The minimum Gasteiger partial charge on any atom is -0.550 e. The van der Waals surface area contributed by atoms with E-state index < -0.39 is 28.5 Å². The number of fused-ring (bicyclic) bond motifs is 3. The van der Waals surface area contributed by atoms with E-state index in [9.17, 15) is 24.6 Å². The quantitative estimate of drug-likeness (QED) is 0.296. The van der Waals surface area contributed by atoms with Gasteiger partial charge in [0, 0.05) is 29.1 Å². The van der Waals surface area contributed by atoms with Crippen LogP contribution >= 0.6 is 0 Å². The van der Waals surface area contributed by atoms with Gasteiger partial charge in [-0.05, 0) is 56.9 Å². The molecule has 5 aliphatic rings. The number of carbonyl (C=O) groups excluding carboxylic acids is 3. The monoisotopic (exact) mass is 470 g/mol. The Hall–Kier alpha value is -0.0936. The van der Waals surface area contributed by atoms with Gasteiger partial charge in [-0.1, -0.05) is 19.4 Å². The molecule has 4 aliphatic carbocycles. The summed E-state index contributed by atoms with van der Waals surface area (Å²) in [5, 5.41) is 22.7. The maximum Gasteiger partial charge on any atom is 1.00 e. The maximum absolute atomic E-state index is 13.0. The van der Waals surface area contributed by atoms with E-state index in [0.29, 0.717) is 38.5 Å². The van der Waals surface area contributed by atoms with Crippen LogP contribution in [-0.2, 0) is 23.9 Å². The van der Waals surface area contributed by atoms with Gasteiger partial charge in [0.2, 0.25) is 0 Å². The molecule has 1 heterocycles. The summed E-state index contributed by atoms with van der Waals surface area (Å²) >= 11 is 0. The van der Waals surface area contributed by atoms with Gasteiger partial charge >= 0.3 is 57.4 Å². The standard InChI is InChI=1S/C24H32O7.K/c1-21-7-4-14(25)10-13(21)11-15(20(28)30-3)19-16-5-8-23(29,9-6-18(26)27)22(16,2)12-17-24(19,21)31-17;/h10,15-17,19,29H,4-9,11-12H2,1-3H3,(H,26,27);/q;+1/p-1. The van der Waals surface area contributed by atoms with Gasteiger partial charge < -0.3 is 24.5 Å². The summed E-state index contributed by atoms with van der Waals surface area (Å²) < 4.78 is 11.7. The van der Waals surface area contributed by atoms with Crippen molar-refractivity contribution in [1.29, 1.82) is 0 Å². The fraction of sp³-hybridized carbons (Fsp3) is 0.792. The van der Waals surface area contributed by atoms with Crippen LogP contribution in [0.5, 0.6) is 0 Å². The number of esters is 1.